The van der Waals surface area contributed by atoms with Crippen LogP contribution in [-0.2, 0) is 22.6 Å². The largest absolute Gasteiger partial charge is 0.489 e. The molecule has 6 nitrogen and oxygen atoms in total. The van der Waals surface area contributed by atoms with E-state index in [1.807, 2.05) is 30.5 Å². The number of carbonyl (C=O) groups excluding carboxylic acids is 1. The highest BCUT2D eigenvalue weighted by Crippen LogP contribution is 2.54. The van der Waals surface area contributed by atoms with Crippen molar-refractivity contribution in [1.82, 2.24) is 9.88 Å². The van der Waals surface area contributed by atoms with E-state index in [9.17, 15) is 9.90 Å². The molecule has 1 aromatic heterocycles. The smallest absolute Gasteiger partial charge is 0.335 e. The number of esters is 1. The van der Waals surface area contributed by atoms with Gasteiger partial charge in [0.1, 0.15) is 12.4 Å². The van der Waals surface area contributed by atoms with Gasteiger partial charge in [-0.2, -0.15) is 0 Å². The second kappa shape index (κ2) is 8.20. The van der Waals surface area contributed by atoms with E-state index in [1.54, 1.807) is 0 Å². The van der Waals surface area contributed by atoms with Gasteiger partial charge in [-0.3, -0.25) is 0 Å². The maximum atomic E-state index is 12.6. The first-order chi connectivity index (χ1) is 16.5. The number of hydrogen-bond donors (Lipinski definition) is 2. The van der Waals surface area contributed by atoms with Crippen molar-refractivity contribution in [1.29, 1.82) is 0 Å². The third-order valence-corrected chi connectivity index (χ3v) is 8.10. The van der Waals surface area contributed by atoms with E-state index in [-0.39, 0.29) is 29.8 Å². The number of methoxy groups -OCH3 is 1. The Morgan fingerprint density at radius 2 is 2.03 bits per heavy atom. The van der Waals surface area contributed by atoms with Gasteiger partial charge >= 0.3 is 5.97 Å². The molecule has 0 unspecified atom stereocenters. The fourth-order valence-electron chi connectivity index (χ4n) is 6.40. The van der Waals surface area contributed by atoms with Crippen molar-refractivity contribution in [2.75, 3.05) is 13.7 Å². The third-order valence-electron chi connectivity index (χ3n) is 8.10. The van der Waals surface area contributed by atoms with Crippen molar-refractivity contribution in [3.63, 3.8) is 0 Å². The molecule has 3 aliphatic rings. The van der Waals surface area contributed by atoms with Crippen molar-refractivity contribution in [2.24, 2.45) is 17.8 Å². The minimum absolute atomic E-state index is 0.000768. The number of nitrogens with zero attached hydrogens (tertiary/aromatic N) is 1. The molecule has 0 radical (unpaired) electrons. The molecule has 2 aliphatic heterocycles. The van der Waals surface area contributed by atoms with Crippen LogP contribution in [0, 0.1) is 17.8 Å². The maximum Gasteiger partial charge on any atom is 0.335 e. The zero-order valence-electron chi connectivity index (χ0n) is 19.5. The van der Waals surface area contributed by atoms with Crippen LogP contribution >= 0.6 is 0 Å². The summed E-state index contributed by atoms with van der Waals surface area (Å²) in [5.41, 5.74) is 5.47. The highest BCUT2D eigenvalue weighted by atomic mass is 16.5. The highest BCUT2D eigenvalue weighted by Gasteiger charge is 2.53. The lowest BCUT2D eigenvalue weighted by Crippen LogP contribution is -2.44. The molecule has 176 valence electrons. The van der Waals surface area contributed by atoms with E-state index in [0.717, 1.165) is 29.8 Å². The Bertz CT molecular complexity index is 1260. The summed E-state index contributed by atoms with van der Waals surface area (Å²) >= 11 is 0. The zero-order valence-corrected chi connectivity index (χ0v) is 19.5. The molecule has 6 heteroatoms. The van der Waals surface area contributed by atoms with Crippen LogP contribution in [0.4, 0.5) is 0 Å². The van der Waals surface area contributed by atoms with Gasteiger partial charge in [0.15, 0.2) is 0 Å². The van der Waals surface area contributed by atoms with Gasteiger partial charge in [0.25, 0.3) is 0 Å². The summed E-state index contributed by atoms with van der Waals surface area (Å²) in [4.78, 5) is 18.5. The number of carbonyl (C=O) groups is 1. The Kier molecular flexibility index (Phi) is 5.14. The molecule has 1 fully saturated rings. The number of rotatable bonds is 4. The number of aromatic amines is 1. The van der Waals surface area contributed by atoms with Crippen molar-refractivity contribution in [3.05, 3.63) is 77.1 Å². The molecule has 34 heavy (non-hydrogen) atoms. The number of hydrogen-bond acceptors (Lipinski definition) is 5. The van der Waals surface area contributed by atoms with Crippen LogP contribution in [0.25, 0.3) is 10.9 Å². The number of aliphatic hydroxyl groups is 1. The molecule has 0 saturated heterocycles. The number of ether oxygens (including phenoxy) is 2. The summed E-state index contributed by atoms with van der Waals surface area (Å²) in [5, 5.41) is 11.9. The molecule has 5 atom stereocenters. The summed E-state index contributed by atoms with van der Waals surface area (Å²) in [6.45, 7) is 3.47. The number of aromatic nitrogens is 1. The molecule has 1 saturated carbocycles. The average molecular weight is 459 g/mol. The Hall–Kier alpha value is -3.25. The summed E-state index contributed by atoms with van der Waals surface area (Å²) in [6.07, 6.45) is 3.05. The highest BCUT2D eigenvalue weighted by molar-refractivity contribution is 5.90. The summed E-state index contributed by atoms with van der Waals surface area (Å²) in [5.74, 6) is 0.820. The monoisotopic (exact) mass is 458 g/mol. The van der Waals surface area contributed by atoms with Crippen molar-refractivity contribution in [2.45, 2.75) is 38.5 Å². The molecular weight excluding hydrogens is 428 g/mol. The van der Waals surface area contributed by atoms with Gasteiger partial charge in [-0.1, -0.05) is 37.3 Å². The molecule has 2 aromatic carbocycles. The first-order valence-electron chi connectivity index (χ1n) is 12.1. The predicted octanol–water partition coefficient (Wildman–Crippen LogP) is 4.35. The Balaban J connectivity index is 1.37. The third kappa shape index (κ3) is 3.31. The van der Waals surface area contributed by atoms with Crippen molar-refractivity contribution < 1.29 is 19.4 Å². The van der Waals surface area contributed by atoms with Gasteiger partial charge in [0.05, 0.1) is 24.8 Å². The van der Waals surface area contributed by atoms with Gasteiger partial charge in [-0.25, -0.2) is 4.79 Å². The van der Waals surface area contributed by atoms with Gasteiger partial charge < -0.3 is 24.5 Å². The van der Waals surface area contributed by atoms with Crippen LogP contribution in [-0.4, -0.2) is 40.7 Å². The molecule has 0 bridgehead atoms. The number of H-pyrrole nitrogens is 1. The molecule has 6 rings (SSSR count). The van der Waals surface area contributed by atoms with Crippen LogP contribution in [0.15, 0.2) is 60.3 Å². The summed E-state index contributed by atoms with van der Waals surface area (Å²) < 4.78 is 11.2. The molecular formula is C28H30N2O4. The van der Waals surface area contributed by atoms with Gasteiger partial charge in [-0.05, 0) is 54.0 Å². The first-order valence-corrected chi connectivity index (χ1v) is 12.1. The second-order valence-electron chi connectivity index (χ2n) is 9.85. The minimum Gasteiger partial charge on any atom is -0.489 e. The van der Waals surface area contributed by atoms with E-state index in [4.69, 9.17) is 9.47 Å². The van der Waals surface area contributed by atoms with Crippen molar-refractivity contribution >= 4 is 16.9 Å². The standard InChI is InChI=1S/C28H30N2O4/c1-16-24(31)13-21-22(28(32)33-2)14-30-11-10-19-20-12-18(34-15-17-6-4-3-5-7-17)8-9-23(20)29-26(19)27(30)25(16)21/h3-9,12,14,16,21,24-25,27,29,31H,10-11,13,15H2,1-2H3/t16-,21+,24-,25+,27-/m0/s1. The van der Waals surface area contributed by atoms with Gasteiger partial charge in [-0.15, -0.1) is 0 Å². The number of fused-ring (bicyclic) bond motifs is 7. The fourth-order valence-corrected chi connectivity index (χ4v) is 6.40. The van der Waals surface area contributed by atoms with Crippen LogP contribution in [0.2, 0.25) is 0 Å². The zero-order chi connectivity index (χ0) is 23.4. The van der Waals surface area contributed by atoms with E-state index in [0.29, 0.717) is 18.6 Å². The predicted molar refractivity (Wildman–Crippen MR) is 129 cm³/mol. The maximum absolute atomic E-state index is 12.6. The van der Waals surface area contributed by atoms with E-state index >= 15 is 0 Å². The second-order valence-corrected chi connectivity index (χ2v) is 9.85. The molecule has 0 spiro atoms. The van der Waals surface area contributed by atoms with Crippen LogP contribution < -0.4 is 4.74 Å². The van der Waals surface area contributed by atoms with Crippen molar-refractivity contribution in [3.8, 4) is 5.75 Å². The number of aliphatic hydroxyl groups excluding tert-OH is 1. The van der Waals surface area contributed by atoms with Crippen LogP contribution in [0.5, 0.6) is 5.75 Å². The Morgan fingerprint density at radius 3 is 2.82 bits per heavy atom. The van der Waals surface area contributed by atoms with E-state index in [1.165, 1.54) is 23.8 Å². The van der Waals surface area contributed by atoms with Crippen LogP contribution in [0.3, 0.4) is 0 Å². The van der Waals surface area contributed by atoms with Gasteiger partial charge in [0.2, 0.25) is 0 Å². The average Bonchev–Trinajstić information content (AvgIpc) is 3.39. The normalized spacial score (nSPS) is 27.6. The number of benzene rings is 2. The topological polar surface area (TPSA) is 74.8 Å². The fraction of sp³-hybridized carbons (Fsp3) is 0.393. The SMILES string of the molecule is COC(=O)C1=CN2CCc3c([nH]c4ccc(OCc5ccccc5)cc34)[C@@H]2[C@@H]2[C@@H](C)[C@@H](O)C[C@H]12. The quantitative estimate of drug-likeness (QED) is 0.569. The molecule has 2 N–H and O–H groups in total. The Labute approximate surface area is 199 Å². The lowest BCUT2D eigenvalue weighted by atomic mass is 9.74. The Morgan fingerprint density at radius 1 is 1.21 bits per heavy atom. The van der Waals surface area contributed by atoms with E-state index in [2.05, 4.69) is 41.1 Å². The molecule has 3 aromatic rings. The molecule has 3 heterocycles. The molecule has 1 aliphatic carbocycles. The molecule has 0 amide bonds. The lowest BCUT2D eigenvalue weighted by molar-refractivity contribution is -0.137. The number of nitrogens with one attached hydrogen (secondary N) is 1. The summed E-state index contributed by atoms with van der Waals surface area (Å²) in [7, 11) is 1.43. The van der Waals surface area contributed by atoms with Crippen LogP contribution in [0.1, 0.15) is 36.2 Å². The minimum atomic E-state index is -0.421. The first kappa shape index (κ1) is 21.3. The van der Waals surface area contributed by atoms with Gasteiger partial charge in [0, 0.05) is 35.3 Å². The summed E-state index contributed by atoms with van der Waals surface area (Å²) in [6, 6.07) is 16.6. The van der Waals surface area contributed by atoms with E-state index < -0.39 is 6.10 Å². The lowest BCUT2D eigenvalue weighted by Gasteiger charge is -2.46.